The molecule has 0 unspecified atom stereocenters. The fourth-order valence-electron chi connectivity index (χ4n) is 2.14. The van der Waals surface area contributed by atoms with Crippen LogP contribution < -0.4 is 15.5 Å². The zero-order chi connectivity index (χ0) is 16.9. The molecule has 3 rings (SSSR count). The molecule has 8 heteroatoms. The highest BCUT2D eigenvalue weighted by Crippen LogP contribution is 2.14. The number of para-hydroxylation sites is 1. The maximum atomic E-state index is 11.8. The van der Waals surface area contributed by atoms with E-state index >= 15 is 0 Å². The number of nitrogens with zero attached hydrogens (tertiary/aromatic N) is 2. The van der Waals surface area contributed by atoms with Crippen molar-refractivity contribution in [2.24, 2.45) is 12.1 Å². The minimum absolute atomic E-state index is 0.130. The average Bonchev–Trinajstić information content (AvgIpc) is 3.22. The van der Waals surface area contributed by atoms with E-state index < -0.39 is 0 Å². The molecule has 124 valence electrons. The van der Waals surface area contributed by atoms with Crippen LogP contribution in [-0.4, -0.2) is 22.9 Å². The van der Waals surface area contributed by atoms with Crippen LogP contribution in [0.15, 0.2) is 52.2 Å². The van der Waals surface area contributed by atoms with Crippen molar-refractivity contribution in [2.75, 3.05) is 6.54 Å². The van der Waals surface area contributed by atoms with Gasteiger partial charge in [0.1, 0.15) is 0 Å². The molecule has 24 heavy (non-hydrogen) atoms. The highest BCUT2D eigenvalue weighted by atomic mass is 32.1. The Balaban J connectivity index is 1.55. The summed E-state index contributed by atoms with van der Waals surface area (Å²) >= 11 is 1.49. The quantitative estimate of drug-likeness (QED) is 0.689. The minimum Gasteiger partial charge on any atom is -0.459 e. The van der Waals surface area contributed by atoms with E-state index in [1.54, 1.807) is 12.1 Å². The Hall–Kier alpha value is -2.87. The Morgan fingerprint density at radius 2 is 2.08 bits per heavy atom. The normalized spacial score (nSPS) is 11.6. The standard InChI is InChI=1S/C16H16N4O3S/c1-20-11-5-2-3-7-13(11)24-16(20)19-18-14(21)8-9-17-15(22)12-6-4-10-23-12/h2-7,10H,8-9H2,1H3,(H,17,22)(H,18,21). The minimum atomic E-state index is -0.347. The van der Waals surface area contributed by atoms with Gasteiger partial charge in [-0.3, -0.25) is 9.59 Å². The molecule has 0 atom stereocenters. The van der Waals surface area contributed by atoms with Gasteiger partial charge in [0.2, 0.25) is 10.7 Å². The molecule has 2 N–H and O–H groups in total. The molecule has 0 aliphatic rings. The summed E-state index contributed by atoms with van der Waals surface area (Å²) in [5, 5.41) is 6.75. The first-order chi connectivity index (χ1) is 11.6. The molecule has 3 aromatic rings. The van der Waals surface area contributed by atoms with Gasteiger partial charge in [0.25, 0.3) is 5.91 Å². The number of rotatable bonds is 5. The lowest BCUT2D eigenvalue weighted by molar-refractivity contribution is -0.121. The van der Waals surface area contributed by atoms with Crippen molar-refractivity contribution in [3.8, 4) is 0 Å². The number of fused-ring (bicyclic) bond motifs is 1. The van der Waals surface area contributed by atoms with E-state index in [1.807, 2.05) is 35.9 Å². The van der Waals surface area contributed by atoms with Crippen LogP contribution in [0.4, 0.5) is 0 Å². The Kier molecular flexibility index (Phi) is 4.76. The molecule has 0 aliphatic heterocycles. The molecular weight excluding hydrogens is 328 g/mol. The zero-order valence-corrected chi connectivity index (χ0v) is 13.8. The second-order valence-corrected chi connectivity index (χ2v) is 6.05. The Morgan fingerprint density at radius 1 is 1.25 bits per heavy atom. The van der Waals surface area contributed by atoms with Crippen molar-refractivity contribution < 1.29 is 14.0 Å². The first kappa shape index (κ1) is 16.0. The summed E-state index contributed by atoms with van der Waals surface area (Å²) in [6.45, 7) is 0.208. The molecule has 0 spiro atoms. The highest BCUT2D eigenvalue weighted by molar-refractivity contribution is 7.16. The molecule has 2 amide bonds. The van der Waals surface area contributed by atoms with Gasteiger partial charge in [-0.15, -0.1) is 5.10 Å². The van der Waals surface area contributed by atoms with E-state index in [1.165, 1.54) is 17.6 Å². The van der Waals surface area contributed by atoms with E-state index in [4.69, 9.17) is 4.42 Å². The third-order valence-electron chi connectivity index (χ3n) is 3.37. The summed E-state index contributed by atoms with van der Waals surface area (Å²) in [5.41, 5.74) is 3.57. The first-order valence-electron chi connectivity index (χ1n) is 7.34. The summed E-state index contributed by atoms with van der Waals surface area (Å²) in [7, 11) is 1.90. The summed E-state index contributed by atoms with van der Waals surface area (Å²) < 4.78 is 7.98. The van der Waals surface area contributed by atoms with Gasteiger partial charge in [0.15, 0.2) is 5.76 Å². The maximum absolute atomic E-state index is 11.8. The second kappa shape index (κ2) is 7.14. The van der Waals surface area contributed by atoms with Gasteiger partial charge in [-0.05, 0) is 24.3 Å². The van der Waals surface area contributed by atoms with E-state index in [0.717, 1.165) is 10.2 Å². The van der Waals surface area contributed by atoms with E-state index in [2.05, 4.69) is 15.8 Å². The van der Waals surface area contributed by atoms with Crippen molar-refractivity contribution >= 4 is 33.4 Å². The molecule has 0 aliphatic carbocycles. The monoisotopic (exact) mass is 344 g/mol. The van der Waals surface area contributed by atoms with Crippen LogP contribution in [0.3, 0.4) is 0 Å². The SMILES string of the molecule is Cn1c(=NNC(=O)CCNC(=O)c2ccco2)sc2ccccc21. The van der Waals surface area contributed by atoms with Crippen LogP contribution in [0, 0.1) is 0 Å². The van der Waals surface area contributed by atoms with Crippen molar-refractivity contribution in [1.82, 2.24) is 15.3 Å². The summed E-state index contributed by atoms with van der Waals surface area (Å²) in [5.74, 6) is -0.398. The number of nitrogens with one attached hydrogen (secondary N) is 2. The van der Waals surface area contributed by atoms with E-state index in [0.29, 0.717) is 4.80 Å². The average molecular weight is 344 g/mol. The topological polar surface area (TPSA) is 88.6 Å². The van der Waals surface area contributed by atoms with Crippen molar-refractivity contribution in [1.29, 1.82) is 0 Å². The van der Waals surface area contributed by atoms with Crippen LogP contribution in [0.5, 0.6) is 0 Å². The first-order valence-corrected chi connectivity index (χ1v) is 8.15. The number of benzene rings is 1. The number of carbonyl (C=O) groups is 2. The predicted molar refractivity (Wildman–Crippen MR) is 90.2 cm³/mol. The van der Waals surface area contributed by atoms with Gasteiger partial charge in [-0.2, -0.15) is 0 Å². The number of carbonyl (C=O) groups excluding carboxylic acids is 2. The Labute approximate surface area is 141 Å². The van der Waals surface area contributed by atoms with Crippen LogP contribution in [0.25, 0.3) is 10.2 Å². The largest absolute Gasteiger partial charge is 0.459 e. The van der Waals surface area contributed by atoms with Gasteiger partial charge in [0, 0.05) is 20.0 Å². The summed E-state index contributed by atoms with van der Waals surface area (Å²) in [4.78, 5) is 24.2. The maximum Gasteiger partial charge on any atom is 0.286 e. The van der Waals surface area contributed by atoms with Gasteiger partial charge >= 0.3 is 0 Å². The van der Waals surface area contributed by atoms with Gasteiger partial charge in [0.05, 0.1) is 16.5 Å². The molecule has 0 saturated carbocycles. The molecule has 0 fully saturated rings. The summed E-state index contributed by atoms with van der Waals surface area (Å²) in [6.07, 6.45) is 1.55. The smallest absolute Gasteiger partial charge is 0.286 e. The number of furan rings is 1. The van der Waals surface area contributed by atoms with Gasteiger partial charge in [-0.25, -0.2) is 5.43 Å². The molecule has 7 nitrogen and oxygen atoms in total. The molecule has 2 heterocycles. The number of amides is 2. The second-order valence-electron chi connectivity index (χ2n) is 5.04. The van der Waals surface area contributed by atoms with Crippen molar-refractivity contribution in [3.63, 3.8) is 0 Å². The lowest BCUT2D eigenvalue weighted by Gasteiger charge is -2.02. The molecule has 0 saturated heterocycles. The van der Waals surface area contributed by atoms with Crippen molar-refractivity contribution in [2.45, 2.75) is 6.42 Å². The highest BCUT2D eigenvalue weighted by Gasteiger charge is 2.08. The van der Waals surface area contributed by atoms with Crippen LogP contribution in [0.2, 0.25) is 0 Å². The summed E-state index contributed by atoms with van der Waals surface area (Å²) in [6, 6.07) is 11.1. The molecule has 0 radical (unpaired) electrons. The molecule has 1 aromatic carbocycles. The fraction of sp³-hybridized carbons (Fsp3) is 0.188. The molecular formula is C16H16N4O3S. The third kappa shape index (κ3) is 3.54. The number of hydrogen-bond acceptors (Lipinski definition) is 5. The number of thiazole rings is 1. The predicted octanol–water partition coefficient (Wildman–Crippen LogP) is 1.58. The number of aryl methyl sites for hydroxylation is 1. The molecule has 0 bridgehead atoms. The Bertz CT molecular complexity index is 924. The zero-order valence-electron chi connectivity index (χ0n) is 13.0. The van der Waals surface area contributed by atoms with Crippen molar-refractivity contribution in [3.05, 3.63) is 53.2 Å². The van der Waals surface area contributed by atoms with Crippen LogP contribution in [0.1, 0.15) is 17.0 Å². The number of hydrogen-bond donors (Lipinski definition) is 2. The molecule has 2 aromatic heterocycles. The van der Waals surface area contributed by atoms with E-state index in [-0.39, 0.29) is 30.5 Å². The lowest BCUT2D eigenvalue weighted by atomic mass is 10.3. The van der Waals surface area contributed by atoms with Crippen LogP contribution in [-0.2, 0) is 11.8 Å². The van der Waals surface area contributed by atoms with E-state index in [9.17, 15) is 9.59 Å². The van der Waals surface area contributed by atoms with Gasteiger partial charge in [-0.1, -0.05) is 23.5 Å². The van der Waals surface area contributed by atoms with Gasteiger partial charge < -0.3 is 14.3 Å². The Morgan fingerprint density at radius 3 is 2.83 bits per heavy atom. The fourth-order valence-corrected chi connectivity index (χ4v) is 3.12. The third-order valence-corrected chi connectivity index (χ3v) is 4.49. The van der Waals surface area contributed by atoms with Crippen LogP contribution >= 0.6 is 11.3 Å². The lowest BCUT2D eigenvalue weighted by Crippen LogP contribution is -2.29. The number of aromatic nitrogens is 1.